The number of nitrogens with one attached hydrogen (secondary N) is 1. The van der Waals surface area contributed by atoms with Crippen molar-refractivity contribution in [3.8, 4) is 0 Å². The molecule has 0 spiro atoms. The van der Waals surface area contributed by atoms with Crippen molar-refractivity contribution in [1.29, 1.82) is 0 Å². The summed E-state index contributed by atoms with van der Waals surface area (Å²) in [5, 5.41) is 0. The van der Waals surface area contributed by atoms with Gasteiger partial charge in [-0.25, -0.2) is 5.48 Å². The van der Waals surface area contributed by atoms with Crippen LogP contribution in [-0.4, -0.2) is 12.3 Å². The van der Waals surface area contributed by atoms with E-state index in [-0.39, 0.29) is 5.78 Å². The predicted octanol–water partition coefficient (Wildman–Crippen LogP) is 2.03. The minimum atomic E-state index is -0.421. The summed E-state index contributed by atoms with van der Waals surface area (Å²) >= 11 is 0. The van der Waals surface area contributed by atoms with Crippen LogP contribution >= 0.6 is 0 Å². The van der Waals surface area contributed by atoms with Crippen molar-refractivity contribution in [2.24, 2.45) is 5.92 Å². The van der Waals surface area contributed by atoms with Crippen molar-refractivity contribution in [3.05, 3.63) is 35.4 Å². The molecule has 0 fully saturated rings. The molecule has 0 saturated heterocycles. The van der Waals surface area contributed by atoms with Crippen molar-refractivity contribution in [2.45, 2.75) is 26.4 Å². The van der Waals surface area contributed by atoms with E-state index in [1.807, 2.05) is 24.3 Å². The highest BCUT2D eigenvalue weighted by atomic mass is 16.7. The van der Waals surface area contributed by atoms with Crippen LogP contribution in [0.25, 0.3) is 0 Å². The molecule has 0 aromatic heterocycles. The molecule has 0 aliphatic heterocycles. The zero-order valence-corrected chi connectivity index (χ0v) is 9.69. The average molecular weight is 219 g/mol. The van der Waals surface area contributed by atoms with Gasteiger partial charge >= 0.3 is 0 Å². The molecule has 3 heteroatoms. The van der Waals surface area contributed by atoms with Gasteiger partial charge in [-0.15, -0.1) is 0 Å². The van der Waals surface area contributed by atoms with Crippen LogP contribution in [0.5, 0.6) is 0 Å². The van der Waals surface area contributed by atoms with Crippen molar-refractivity contribution in [2.75, 3.05) is 6.54 Å². The number of Topliss-reactive ketones (excluding diaryl/α,β-unsaturated/α-hetero) is 1. The summed E-state index contributed by atoms with van der Waals surface area (Å²) in [5.41, 5.74) is 4.97. The fourth-order valence-corrected chi connectivity index (χ4v) is 1.83. The van der Waals surface area contributed by atoms with Crippen molar-refractivity contribution in [3.63, 3.8) is 0 Å². The maximum absolute atomic E-state index is 11.7. The molecule has 2 rings (SSSR count). The smallest absolute Gasteiger partial charge is 0.172 e. The lowest BCUT2D eigenvalue weighted by Gasteiger charge is -2.13. The average Bonchev–Trinajstić information content (AvgIpc) is 2.55. The van der Waals surface area contributed by atoms with Gasteiger partial charge < -0.3 is 0 Å². The number of ketones is 1. The van der Waals surface area contributed by atoms with Crippen LogP contribution in [0.1, 0.15) is 31.1 Å². The molecule has 86 valence electrons. The van der Waals surface area contributed by atoms with Gasteiger partial charge in [0.05, 0.1) is 0 Å². The second-order valence-corrected chi connectivity index (χ2v) is 4.58. The van der Waals surface area contributed by atoms with Crippen LogP contribution in [-0.2, 0) is 16.1 Å². The van der Waals surface area contributed by atoms with E-state index < -0.39 is 6.10 Å². The minimum absolute atomic E-state index is 0.137. The first kappa shape index (κ1) is 11.3. The Balaban J connectivity index is 2.02. The third kappa shape index (κ3) is 2.31. The summed E-state index contributed by atoms with van der Waals surface area (Å²) in [5.74, 6) is 0.643. The number of hydrogen-bond acceptors (Lipinski definition) is 3. The molecule has 16 heavy (non-hydrogen) atoms. The molecule has 1 unspecified atom stereocenters. The quantitative estimate of drug-likeness (QED) is 0.787. The fourth-order valence-electron chi connectivity index (χ4n) is 1.83. The Morgan fingerprint density at radius 2 is 2.19 bits per heavy atom. The van der Waals surface area contributed by atoms with E-state index in [0.717, 1.165) is 17.7 Å². The van der Waals surface area contributed by atoms with Gasteiger partial charge in [-0.05, 0) is 17.0 Å². The Kier molecular flexibility index (Phi) is 3.36. The minimum Gasteiger partial charge on any atom is -0.296 e. The topological polar surface area (TPSA) is 38.3 Å². The molecule has 0 bridgehead atoms. The standard InChI is InChI=1S/C13H17NO2/c1-9(2)8-14-16-13-11-6-4-3-5-10(11)7-12(13)15/h3-6,9,13-14H,7-8H2,1-2H3. The highest BCUT2D eigenvalue weighted by molar-refractivity contribution is 5.91. The van der Waals surface area contributed by atoms with E-state index in [9.17, 15) is 4.79 Å². The summed E-state index contributed by atoms with van der Waals surface area (Å²) < 4.78 is 0. The molecular weight excluding hydrogens is 202 g/mol. The third-order valence-electron chi connectivity index (χ3n) is 2.69. The molecule has 0 radical (unpaired) electrons. The van der Waals surface area contributed by atoms with Gasteiger partial charge in [0.1, 0.15) is 0 Å². The second-order valence-electron chi connectivity index (χ2n) is 4.58. The molecule has 1 aliphatic rings. The first-order valence-electron chi connectivity index (χ1n) is 5.67. The molecule has 0 amide bonds. The van der Waals surface area contributed by atoms with Crippen LogP contribution in [0.15, 0.2) is 24.3 Å². The molecule has 1 atom stereocenters. The van der Waals surface area contributed by atoms with Gasteiger partial charge in [0.15, 0.2) is 11.9 Å². The van der Waals surface area contributed by atoms with Gasteiger partial charge in [0, 0.05) is 13.0 Å². The first-order chi connectivity index (χ1) is 7.68. The first-order valence-corrected chi connectivity index (χ1v) is 5.67. The summed E-state index contributed by atoms with van der Waals surface area (Å²) in [6.07, 6.45) is 0.0689. The molecule has 1 aliphatic carbocycles. The normalized spacial score (nSPS) is 19.2. The molecule has 0 saturated carbocycles. The van der Waals surface area contributed by atoms with Crippen LogP contribution < -0.4 is 5.48 Å². The van der Waals surface area contributed by atoms with E-state index in [1.54, 1.807) is 0 Å². The zero-order chi connectivity index (χ0) is 11.5. The molecule has 1 N–H and O–H groups in total. The van der Waals surface area contributed by atoms with Gasteiger partial charge in [-0.2, -0.15) is 0 Å². The number of fused-ring (bicyclic) bond motifs is 1. The maximum atomic E-state index is 11.7. The van der Waals surface area contributed by atoms with Crippen LogP contribution in [0, 0.1) is 5.92 Å². The SMILES string of the molecule is CC(C)CNOC1C(=O)Cc2ccccc21. The number of hydroxylamine groups is 1. The largest absolute Gasteiger partial charge is 0.296 e. The number of benzene rings is 1. The monoisotopic (exact) mass is 219 g/mol. The second kappa shape index (κ2) is 4.76. The zero-order valence-electron chi connectivity index (χ0n) is 9.69. The molecule has 1 aromatic rings. The highest BCUT2D eigenvalue weighted by Gasteiger charge is 2.31. The number of rotatable bonds is 4. The van der Waals surface area contributed by atoms with E-state index in [4.69, 9.17) is 4.84 Å². The van der Waals surface area contributed by atoms with Crippen molar-refractivity contribution < 1.29 is 9.63 Å². The van der Waals surface area contributed by atoms with Crippen molar-refractivity contribution >= 4 is 5.78 Å². The van der Waals surface area contributed by atoms with Gasteiger partial charge in [-0.1, -0.05) is 38.1 Å². The maximum Gasteiger partial charge on any atom is 0.172 e. The molecule has 1 aromatic carbocycles. The lowest BCUT2D eigenvalue weighted by molar-refractivity contribution is -0.134. The van der Waals surface area contributed by atoms with Crippen LogP contribution in [0.3, 0.4) is 0 Å². The lowest BCUT2D eigenvalue weighted by atomic mass is 10.1. The molecular formula is C13H17NO2. The van der Waals surface area contributed by atoms with Gasteiger partial charge in [0.2, 0.25) is 0 Å². The molecule has 0 heterocycles. The Labute approximate surface area is 95.8 Å². The number of carbonyl (C=O) groups is 1. The predicted molar refractivity (Wildman–Crippen MR) is 61.8 cm³/mol. The Morgan fingerprint density at radius 3 is 2.94 bits per heavy atom. The fraction of sp³-hybridized carbons (Fsp3) is 0.462. The van der Waals surface area contributed by atoms with Crippen molar-refractivity contribution in [1.82, 2.24) is 5.48 Å². The number of hydrogen-bond donors (Lipinski definition) is 1. The van der Waals surface area contributed by atoms with E-state index in [2.05, 4.69) is 19.3 Å². The Bertz CT molecular complexity index is 387. The van der Waals surface area contributed by atoms with Gasteiger partial charge in [0.25, 0.3) is 0 Å². The Morgan fingerprint density at radius 1 is 1.44 bits per heavy atom. The summed E-state index contributed by atoms with van der Waals surface area (Å²) in [6.45, 7) is 4.95. The third-order valence-corrected chi connectivity index (χ3v) is 2.69. The van der Waals surface area contributed by atoms with E-state index in [1.165, 1.54) is 0 Å². The lowest BCUT2D eigenvalue weighted by Crippen LogP contribution is -2.25. The molecule has 3 nitrogen and oxygen atoms in total. The van der Waals surface area contributed by atoms with Crippen LogP contribution in [0.4, 0.5) is 0 Å². The Hall–Kier alpha value is -1.19. The van der Waals surface area contributed by atoms with E-state index in [0.29, 0.717) is 12.3 Å². The summed E-state index contributed by atoms with van der Waals surface area (Å²) in [4.78, 5) is 17.2. The number of carbonyl (C=O) groups excluding carboxylic acids is 1. The summed E-state index contributed by atoms with van der Waals surface area (Å²) in [7, 11) is 0. The van der Waals surface area contributed by atoms with Gasteiger partial charge in [-0.3, -0.25) is 9.63 Å². The van der Waals surface area contributed by atoms with E-state index >= 15 is 0 Å². The van der Waals surface area contributed by atoms with Crippen LogP contribution in [0.2, 0.25) is 0 Å². The summed E-state index contributed by atoms with van der Waals surface area (Å²) in [6, 6.07) is 7.84. The highest BCUT2D eigenvalue weighted by Crippen LogP contribution is 2.30.